The lowest BCUT2D eigenvalue weighted by Crippen LogP contribution is -2.79. The summed E-state index contributed by atoms with van der Waals surface area (Å²) >= 11 is 0. The summed E-state index contributed by atoms with van der Waals surface area (Å²) in [5, 5.41) is 56.5. The monoisotopic (exact) mass is 679 g/mol. The van der Waals surface area contributed by atoms with Gasteiger partial charge in [0.1, 0.15) is 23.2 Å². The maximum atomic E-state index is 13.5. The van der Waals surface area contributed by atoms with E-state index in [1.165, 1.54) is 36.4 Å². The number of amides is 1. The van der Waals surface area contributed by atoms with Gasteiger partial charge in [-0.15, -0.1) is 0 Å². The number of nitrogens with one attached hydrogen (secondary N) is 2. The Bertz CT molecular complexity index is 1890. The Morgan fingerprint density at radius 3 is 2.45 bits per heavy atom. The number of aromatic hydroxyl groups is 1. The number of H-pyrrole nitrogens is 1. The van der Waals surface area contributed by atoms with E-state index >= 15 is 0 Å². The lowest BCUT2D eigenvalue weighted by atomic mass is 9.74. The van der Waals surface area contributed by atoms with Crippen molar-refractivity contribution in [2.75, 3.05) is 13.1 Å². The van der Waals surface area contributed by atoms with Crippen LogP contribution >= 0.6 is 0 Å². The molecule has 3 heterocycles. The number of benzene rings is 2. The zero-order valence-corrected chi connectivity index (χ0v) is 26.5. The van der Waals surface area contributed by atoms with Crippen molar-refractivity contribution in [2.24, 2.45) is 17.6 Å². The van der Waals surface area contributed by atoms with Crippen LogP contribution in [0.1, 0.15) is 30.0 Å². The van der Waals surface area contributed by atoms with E-state index in [4.69, 9.17) is 19.6 Å². The molecule has 15 nitrogen and oxygen atoms in total. The molecule has 0 saturated carbocycles. The molecule has 1 aliphatic heterocycles. The first kappa shape index (κ1) is 35.3. The zero-order chi connectivity index (χ0) is 35.7. The number of hydrogen-bond donors (Lipinski definition) is 8. The number of nitrogens with two attached hydrogens (primary N) is 1. The van der Waals surface area contributed by atoms with Crippen molar-refractivity contribution in [3.63, 3.8) is 0 Å². The Morgan fingerprint density at radius 2 is 1.86 bits per heavy atom. The Balaban J connectivity index is 1.51. The van der Waals surface area contributed by atoms with E-state index in [1.807, 2.05) is 26.1 Å². The van der Waals surface area contributed by atoms with Gasteiger partial charge in [0.05, 0.1) is 10.9 Å². The van der Waals surface area contributed by atoms with Gasteiger partial charge in [-0.25, -0.2) is 4.79 Å². The van der Waals surface area contributed by atoms with Gasteiger partial charge in [-0.1, -0.05) is 26.0 Å². The highest BCUT2D eigenvalue weighted by Crippen LogP contribution is 2.39. The lowest BCUT2D eigenvalue weighted by Gasteiger charge is -2.51. The number of phenols is 1. The first-order valence-corrected chi connectivity index (χ1v) is 15.4. The molecule has 1 fully saturated rings. The first-order chi connectivity index (χ1) is 23.2. The molecular formula is C34H37N3O12. The van der Waals surface area contributed by atoms with Crippen LogP contribution in [-0.2, 0) is 20.7 Å². The molecule has 0 spiro atoms. The molecule has 1 aliphatic rings. The third-order valence-corrected chi connectivity index (χ3v) is 8.91. The summed E-state index contributed by atoms with van der Waals surface area (Å²) in [6, 6.07) is 11.0. The lowest BCUT2D eigenvalue weighted by molar-refractivity contribution is -0.334. The first-order valence-electron chi connectivity index (χ1n) is 15.4. The third-order valence-electron chi connectivity index (χ3n) is 8.91. The van der Waals surface area contributed by atoms with Crippen molar-refractivity contribution >= 4 is 29.1 Å². The van der Waals surface area contributed by atoms with Crippen LogP contribution in [0.25, 0.3) is 22.1 Å². The van der Waals surface area contributed by atoms with Crippen molar-refractivity contribution in [1.82, 2.24) is 10.3 Å². The van der Waals surface area contributed by atoms with E-state index in [0.29, 0.717) is 6.42 Å². The molecule has 2 aromatic carbocycles. The van der Waals surface area contributed by atoms with Gasteiger partial charge >= 0.3 is 5.97 Å². The molecular weight excluding hydrogens is 642 g/mol. The van der Waals surface area contributed by atoms with Crippen LogP contribution in [0.3, 0.4) is 0 Å². The Labute approximate surface area is 278 Å². The fraction of sp³-hybridized carbons (Fsp3) is 0.353. The molecule has 0 unspecified atom stereocenters. The van der Waals surface area contributed by atoms with Crippen molar-refractivity contribution in [1.29, 1.82) is 0 Å². The number of aromatic amines is 1. The fourth-order valence-electron chi connectivity index (χ4n) is 5.92. The summed E-state index contributed by atoms with van der Waals surface area (Å²) in [6.45, 7) is 3.67. The molecule has 15 heteroatoms. The van der Waals surface area contributed by atoms with Crippen molar-refractivity contribution in [3.05, 3.63) is 82.5 Å². The van der Waals surface area contributed by atoms with Crippen molar-refractivity contribution in [3.8, 4) is 22.6 Å². The van der Waals surface area contributed by atoms with Crippen LogP contribution < -0.4 is 21.2 Å². The van der Waals surface area contributed by atoms with Crippen molar-refractivity contribution in [2.45, 2.75) is 50.0 Å². The van der Waals surface area contributed by atoms with E-state index in [-0.39, 0.29) is 58.3 Å². The largest absolute Gasteiger partial charge is 0.508 e. The van der Waals surface area contributed by atoms with Gasteiger partial charge in [-0.3, -0.25) is 14.4 Å². The molecule has 1 amide bonds. The number of ether oxygens (including phenoxy) is 2. The smallest absolute Gasteiger partial charge is 0.335 e. The standard InChI is InChI=1S/C34H37N3O12/c1-17(2)20(11-18-9-10-36-13-18)14-37-15-33(45)32(49-28(31(43)44)29(41)34(33,46)16-38)47-22-7-8-23-24(12-22)48-27(30(35)42)25(26(23)40)19-3-5-21(39)6-4-19/h3-10,12-13,16-17,20,28-29,32,36-37,39,41,45-46H,11,14-15H2,1-2H3,(H2,35,42)(H,43,44)/t20-,28-,29+,32+,33-,34-/m0/s1. The number of carboxylic acids is 1. The molecule has 4 aromatic rings. The summed E-state index contributed by atoms with van der Waals surface area (Å²) in [5.41, 5.74) is -0.0524. The van der Waals surface area contributed by atoms with Crippen LogP contribution in [0.15, 0.2) is 70.1 Å². The predicted octanol–water partition coefficient (Wildman–Crippen LogP) is 0.907. The third kappa shape index (κ3) is 6.66. The van der Waals surface area contributed by atoms with E-state index in [1.54, 1.807) is 6.20 Å². The average Bonchev–Trinajstić information content (AvgIpc) is 3.58. The number of rotatable bonds is 13. The minimum Gasteiger partial charge on any atom is -0.508 e. The van der Waals surface area contributed by atoms with Crippen LogP contribution in [0.5, 0.6) is 11.5 Å². The number of carboxylic acid groups (broad SMARTS) is 1. The number of carbonyl (C=O) groups is 3. The summed E-state index contributed by atoms with van der Waals surface area (Å²) < 4.78 is 17.0. The Hall–Kier alpha value is -5.06. The molecule has 49 heavy (non-hydrogen) atoms. The Kier molecular flexibility index (Phi) is 9.94. The minimum absolute atomic E-state index is 0.0126. The van der Waals surface area contributed by atoms with Crippen LogP contribution in [-0.4, -0.2) is 91.5 Å². The number of carbonyl (C=O) groups excluding carboxylic acids is 2. The second-order valence-corrected chi connectivity index (χ2v) is 12.4. The number of aromatic nitrogens is 1. The van der Waals surface area contributed by atoms with Crippen LogP contribution in [0.2, 0.25) is 0 Å². The summed E-state index contributed by atoms with van der Waals surface area (Å²) in [4.78, 5) is 53.3. The molecule has 5 rings (SSSR count). The van der Waals surface area contributed by atoms with Gasteiger partial charge in [0.25, 0.3) is 5.91 Å². The summed E-state index contributed by atoms with van der Waals surface area (Å²) in [5.74, 6) is -3.43. The number of aliphatic carboxylic acids is 1. The number of phenolic OH excluding ortho intramolecular Hbond substituents is 1. The molecule has 9 N–H and O–H groups in total. The SMILES string of the molecule is CC(C)[C@H](CNC[C@]1(O)[C@H](Oc2ccc3c(=O)c(-c4ccc(O)cc4)c(C(N)=O)oc3c2)O[C@H](C(=O)O)[C@@H](O)[C@@]1(O)C=O)Cc1cc[nH]c1. The van der Waals surface area contributed by atoms with Crippen LogP contribution in [0.4, 0.5) is 0 Å². The quantitative estimate of drug-likeness (QED) is 0.0916. The second-order valence-electron chi connectivity index (χ2n) is 12.4. The number of aldehydes is 1. The molecule has 0 aliphatic carbocycles. The van der Waals surface area contributed by atoms with Gasteiger partial charge in [-0.2, -0.15) is 0 Å². The van der Waals surface area contributed by atoms with Crippen molar-refractivity contribution < 1.29 is 53.8 Å². The van der Waals surface area contributed by atoms with E-state index in [9.17, 15) is 44.7 Å². The highest BCUT2D eigenvalue weighted by molar-refractivity contribution is 5.99. The molecule has 6 atom stereocenters. The number of aliphatic hydroxyl groups excluding tert-OH is 1. The van der Waals surface area contributed by atoms with Gasteiger partial charge in [0.2, 0.25) is 17.5 Å². The van der Waals surface area contributed by atoms with E-state index in [2.05, 4.69) is 10.3 Å². The number of aliphatic hydroxyl groups is 3. The number of primary amides is 1. The van der Waals surface area contributed by atoms with Gasteiger partial charge < -0.3 is 55.5 Å². The minimum atomic E-state index is -3.10. The zero-order valence-electron chi connectivity index (χ0n) is 26.5. The Morgan fingerprint density at radius 1 is 1.14 bits per heavy atom. The highest BCUT2D eigenvalue weighted by atomic mass is 16.7. The molecule has 260 valence electrons. The maximum Gasteiger partial charge on any atom is 0.335 e. The fourth-order valence-corrected chi connectivity index (χ4v) is 5.92. The summed E-state index contributed by atoms with van der Waals surface area (Å²) in [7, 11) is 0. The molecule has 0 radical (unpaired) electrons. The highest BCUT2D eigenvalue weighted by Gasteiger charge is 2.67. The van der Waals surface area contributed by atoms with Gasteiger partial charge in [-0.05, 0) is 66.3 Å². The van der Waals surface area contributed by atoms with Gasteiger partial charge in [0.15, 0.2) is 23.6 Å². The van der Waals surface area contributed by atoms with E-state index < -0.39 is 59.3 Å². The maximum absolute atomic E-state index is 13.5. The molecule has 2 aromatic heterocycles. The normalized spacial score (nSPS) is 24.5. The number of fused-ring (bicyclic) bond motifs is 1. The second kappa shape index (κ2) is 13.8. The predicted molar refractivity (Wildman–Crippen MR) is 173 cm³/mol. The average molecular weight is 680 g/mol. The topological polar surface area (TPSA) is 255 Å². The van der Waals surface area contributed by atoms with E-state index in [0.717, 1.165) is 11.6 Å². The summed E-state index contributed by atoms with van der Waals surface area (Å²) in [6.07, 6.45) is -2.56. The van der Waals surface area contributed by atoms with Gasteiger partial charge in [0, 0.05) is 25.0 Å². The van der Waals surface area contributed by atoms with Crippen LogP contribution in [0, 0.1) is 11.8 Å². The molecule has 1 saturated heterocycles. The molecule has 0 bridgehead atoms. The number of hydrogen-bond acceptors (Lipinski definition) is 12.